The van der Waals surface area contributed by atoms with Crippen molar-refractivity contribution in [1.29, 1.82) is 0 Å². The molecule has 0 aromatic heterocycles. The molecule has 2 aliphatic heterocycles. The predicted molar refractivity (Wildman–Crippen MR) is 75.4 cm³/mol. The van der Waals surface area contributed by atoms with E-state index in [0.29, 0.717) is 31.0 Å². The summed E-state index contributed by atoms with van der Waals surface area (Å²) in [7, 11) is 0. The average Bonchev–Trinajstić information content (AvgIpc) is 2.88. The molecule has 0 unspecified atom stereocenters. The van der Waals surface area contributed by atoms with Crippen LogP contribution >= 0.6 is 0 Å². The topological polar surface area (TPSA) is 64.8 Å². The van der Waals surface area contributed by atoms with Crippen LogP contribution < -0.4 is 5.73 Å². The van der Waals surface area contributed by atoms with Crippen molar-refractivity contribution < 1.29 is 14.3 Å². The van der Waals surface area contributed by atoms with Crippen LogP contribution in [0.15, 0.2) is 18.2 Å². The van der Waals surface area contributed by atoms with Gasteiger partial charge in [-0.3, -0.25) is 4.79 Å². The lowest BCUT2D eigenvalue weighted by Crippen LogP contribution is -2.51. The number of hydrogen-bond donors (Lipinski definition) is 1. The van der Waals surface area contributed by atoms with E-state index in [4.69, 9.17) is 15.2 Å². The Morgan fingerprint density at radius 3 is 2.85 bits per heavy atom. The van der Waals surface area contributed by atoms with Crippen LogP contribution in [-0.4, -0.2) is 42.9 Å². The number of anilines is 1. The van der Waals surface area contributed by atoms with Gasteiger partial charge in [-0.2, -0.15) is 0 Å². The van der Waals surface area contributed by atoms with Gasteiger partial charge in [-0.1, -0.05) is 11.6 Å². The smallest absolute Gasteiger partial charge is 0.256 e. The van der Waals surface area contributed by atoms with Crippen LogP contribution in [0.1, 0.15) is 28.8 Å². The van der Waals surface area contributed by atoms with Crippen molar-refractivity contribution in [2.45, 2.75) is 25.6 Å². The zero-order valence-electron chi connectivity index (χ0n) is 11.7. The number of likely N-dealkylation sites (tertiary alicyclic amines) is 1. The Kier molecular flexibility index (Phi) is 3.40. The van der Waals surface area contributed by atoms with E-state index in [2.05, 4.69) is 0 Å². The van der Waals surface area contributed by atoms with Crippen molar-refractivity contribution in [1.82, 2.24) is 4.90 Å². The molecule has 0 saturated carbocycles. The molecule has 1 spiro atoms. The number of ether oxygens (including phenoxy) is 2. The number of nitrogens with zero attached hydrogens (tertiary/aromatic N) is 1. The molecule has 5 nitrogen and oxygen atoms in total. The van der Waals surface area contributed by atoms with E-state index in [9.17, 15) is 4.79 Å². The van der Waals surface area contributed by atoms with Crippen LogP contribution in [0.25, 0.3) is 0 Å². The summed E-state index contributed by atoms with van der Waals surface area (Å²) in [6, 6.07) is 5.53. The van der Waals surface area contributed by atoms with Crippen LogP contribution in [-0.2, 0) is 9.47 Å². The van der Waals surface area contributed by atoms with Crippen molar-refractivity contribution in [2.24, 2.45) is 0 Å². The van der Waals surface area contributed by atoms with Gasteiger partial charge in [-0.05, 0) is 25.5 Å². The average molecular weight is 276 g/mol. The molecule has 0 aliphatic carbocycles. The highest BCUT2D eigenvalue weighted by Crippen LogP contribution is 2.31. The van der Waals surface area contributed by atoms with Gasteiger partial charge in [-0.15, -0.1) is 0 Å². The van der Waals surface area contributed by atoms with E-state index in [0.717, 1.165) is 24.9 Å². The first-order valence-corrected chi connectivity index (χ1v) is 7.03. The fourth-order valence-electron chi connectivity index (χ4n) is 2.92. The van der Waals surface area contributed by atoms with Gasteiger partial charge < -0.3 is 20.1 Å². The van der Waals surface area contributed by atoms with E-state index in [1.165, 1.54) is 0 Å². The highest BCUT2D eigenvalue weighted by atomic mass is 16.7. The third-order valence-corrected chi connectivity index (χ3v) is 3.96. The number of rotatable bonds is 1. The zero-order valence-corrected chi connectivity index (χ0v) is 11.7. The molecule has 0 radical (unpaired) electrons. The third-order valence-electron chi connectivity index (χ3n) is 3.96. The van der Waals surface area contributed by atoms with Crippen LogP contribution in [0.5, 0.6) is 0 Å². The fraction of sp³-hybridized carbons (Fsp3) is 0.533. The van der Waals surface area contributed by atoms with Crippen molar-refractivity contribution >= 4 is 11.6 Å². The molecule has 2 heterocycles. The Morgan fingerprint density at radius 2 is 2.10 bits per heavy atom. The number of piperidine rings is 1. The minimum atomic E-state index is -0.591. The van der Waals surface area contributed by atoms with Crippen LogP contribution in [0, 0.1) is 6.92 Å². The van der Waals surface area contributed by atoms with Gasteiger partial charge in [0.1, 0.15) is 0 Å². The van der Waals surface area contributed by atoms with E-state index >= 15 is 0 Å². The molecule has 5 heteroatoms. The second kappa shape index (κ2) is 5.07. The van der Waals surface area contributed by atoms with Crippen LogP contribution in [0.2, 0.25) is 0 Å². The van der Waals surface area contributed by atoms with Gasteiger partial charge in [0.05, 0.1) is 25.3 Å². The number of benzene rings is 1. The SMILES string of the molecule is Cc1ccc(N)c(C(=O)N2CCCC3(C2)OCCO3)c1. The number of aryl methyl sites for hydroxylation is 1. The molecular formula is C15H20N2O3. The summed E-state index contributed by atoms with van der Waals surface area (Å²) in [4.78, 5) is 14.4. The first kappa shape index (κ1) is 13.4. The molecular weight excluding hydrogens is 256 g/mol. The Bertz CT molecular complexity index is 524. The molecule has 2 saturated heterocycles. The van der Waals surface area contributed by atoms with Crippen molar-refractivity contribution in [3.05, 3.63) is 29.3 Å². The number of amides is 1. The van der Waals surface area contributed by atoms with Gasteiger partial charge in [0.2, 0.25) is 0 Å². The van der Waals surface area contributed by atoms with Crippen molar-refractivity contribution in [2.75, 3.05) is 32.0 Å². The maximum Gasteiger partial charge on any atom is 0.256 e. The maximum absolute atomic E-state index is 12.6. The standard InChI is InChI=1S/C15H20N2O3/c1-11-3-4-13(16)12(9-11)14(18)17-6-2-5-15(10-17)19-7-8-20-15/h3-4,9H,2,5-8,10,16H2,1H3. The van der Waals surface area contributed by atoms with E-state index < -0.39 is 5.79 Å². The highest BCUT2D eigenvalue weighted by Gasteiger charge is 2.42. The molecule has 2 fully saturated rings. The van der Waals surface area contributed by atoms with Crippen molar-refractivity contribution in [3.8, 4) is 0 Å². The predicted octanol–water partition coefficient (Wildman–Crippen LogP) is 1.56. The van der Waals surface area contributed by atoms with Gasteiger partial charge in [0.15, 0.2) is 5.79 Å². The number of carbonyl (C=O) groups excluding carboxylic acids is 1. The fourth-order valence-corrected chi connectivity index (χ4v) is 2.92. The lowest BCUT2D eigenvalue weighted by molar-refractivity contribution is -0.183. The van der Waals surface area contributed by atoms with Crippen LogP contribution in [0.4, 0.5) is 5.69 Å². The molecule has 1 aromatic carbocycles. The minimum absolute atomic E-state index is 0.0376. The maximum atomic E-state index is 12.6. The molecule has 2 aliphatic rings. The van der Waals surface area contributed by atoms with E-state index in [-0.39, 0.29) is 5.91 Å². The summed E-state index contributed by atoms with van der Waals surface area (Å²) < 4.78 is 11.4. The summed E-state index contributed by atoms with van der Waals surface area (Å²) in [6.07, 6.45) is 1.73. The summed E-state index contributed by atoms with van der Waals surface area (Å²) in [5.74, 6) is -0.628. The van der Waals surface area contributed by atoms with Gasteiger partial charge in [-0.25, -0.2) is 0 Å². The molecule has 1 aromatic rings. The number of nitrogens with two attached hydrogens (primary N) is 1. The first-order valence-electron chi connectivity index (χ1n) is 7.03. The summed E-state index contributed by atoms with van der Waals surface area (Å²) in [6.45, 7) is 4.38. The van der Waals surface area contributed by atoms with Crippen molar-refractivity contribution in [3.63, 3.8) is 0 Å². The zero-order chi connectivity index (χ0) is 14.2. The summed E-state index contributed by atoms with van der Waals surface area (Å²) >= 11 is 0. The molecule has 2 N–H and O–H groups in total. The molecule has 3 rings (SSSR count). The molecule has 1 amide bonds. The van der Waals surface area contributed by atoms with Crippen LogP contribution in [0.3, 0.4) is 0 Å². The van der Waals surface area contributed by atoms with Gasteiger partial charge in [0, 0.05) is 18.7 Å². The summed E-state index contributed by atoms with van der Waals surface area (Å²) in [5.41, 5.74) is 8.05. The molecule has 108 valence electrons. The quantitative estimate of drug-likeness (QED) is 0.791. The largest absolute Gasteiger partial charge is 0.398 e. The number of carbonyl (C=O) groups is 1. The number of hydrogen-bond acceptors (Lipinski definition) is 4. The highest BCUT2D eigenvalue weighted by molar-refractivity contribution is 5.99. The molecule has 0 bridgehead atoms. The molecule has 20 heavy (non-hydrogen) atoms. The lowest BCUT2D eigenvalue weighted by Gasteiger charge is -2.38. The molecule has 0 atom stereocenters. The monoisotopic (exact) mass is 276 g/mol. The number of nitrogen functional groups attached to an aromatic ring is 1. The Labute approximate surface area is 118 Å². The Hall–Kier alpha value is -1.59. The second-order valence-corrected chi connectivity index (χ2v) is 5.53. The normalized spacial score (nSPS) is 21.4. The van der Waals surface area contributed by atoms with Gasteiger partial charge in [0.25, 0.3) is 5.91 Å². The Balaban J connectivity index is 1.81. The van der Waals surface area contributed by atoms with Gasteiger partial charge >= 0.3 is 0 Å². The second-order valence-electron chi connectivity index (χ2n) is 5.53. The first-order chi connectivity index (χ1) is 9.60. The van der Waals surface area contributed by atoms with E-state index in [1.807, 2.05) is 19.1 Å². The minimum Gasteiger partial charge on any atom is -0.398 e. The Morgan fingerprint density at radius 1 is 1.35 bits per heavy atom. The third kappa shape index (κ3) is 2.39. The van der Waals surface area contributed by atoms with E-state index in [1.54, 1.807) is 11.0 Å². The lowest BCUT2D eigenvalue weighted by atomic mass is 10.0. The summed E-state index contributed by atoms with van der Waals surface area (Å²) in [5, 5.41) is 0.